The van der Waals surface area contributed by atoms with Crippen LogP contribution in [0, 0.1) is 6.92 Å². The second-order valence-electron chi connectivity index (χ2n) is 4.84. The Hall–Kier alpha value is -2.14. The number of hydrogen-bond acceptors (Lipinski definition) is 4. The van der Waals surface area contributed by atoms with E-state index in [1.165, 1.54) is 0 Å². The van der Waals surface area contributed by atoms with Crippen LogP contribution in [0.5, 0.6) is 5.75 Å². The highest BCUT2D eigenvalue weighted by Gasteiger charge is 2.13. The van der Waals surface area contributed by atoms with Gasteiger partial charge in [0.05, 0.1) is 5.56 Å². The van der Waals surface area contributed by atoms with Gasteiger partial charge in [-0.1, -0.05) is 44.8 Å². The van der Waals surface area contributed by atoms with E-state index in [-0.39, 0.29) is 5.75 Å². The summed E-state index contributed by atoms with van der Waals surface area (Å²) in [7, 11) is 0. The molecular weight excluding hydrogens is 332 g/mol. The predicted octanol–water partition coefficient (Wildman–Crippen LogP) is 4.10. The summed E-state index contributed by atoms with van der Waals surface area (Å²) < 4.78 is 6.28. The molecule has 0 amide bonds. The van der Waals surface area contributed by atoms with Gasteiger partial charge >= 0.3 is 0 Å². The number of benzene rings is 2. The van der Waals surface area contributed by atoms with Crippen LogP contribution in [-0.2, 0) is 6.42 Å². The average Bonchev–Trinajstić information content (AvgIpc) is 2.92. The molecule has 3 aromatic rings. The van der Waals surface area contributed by atoms with E-state index in [0.717, 1.165) is 15.6 Å². The number of aromatic hydroxyl groups is 1. The zero-order valence-corrected chi connectivity index (χ0v) is 13.0. The molecule has 0 saturated carbocycles. The molecule has 0 unspecified atom stereocenters. The van der Waals surface area contributed by atoms with E-state index in [0.29, 0.717) is 23.7 Å². The molecule has 0 aliphatic rings. The summed E-state index contributed by atoms with van der Waals surface area (Å²) >= 11 is 3.40. The van der Waals surface area contributed by atoms with Gasteiger partial charge in [0.1, 0.15) is 5.75 Å². The summed E-state index contributed by atoms with van der Waals surface area (Å²) in [6, 6.07) is 13.2. The number of aromatic nitrogens is 2. The third-order valence-corrected chi connectivity index (χ3v) is 3.65. The number of hydrogen-bond donors (Lipinski definition) is 1. The monoisotopic (exact) mass is 344 g/mol. The lowest BCUT2D eigenvalue weighted by Crippen LogP contribution is -1.90. The van der Waals surface area contributed by atoms with E-state index in [9.17, 15) is 5.11 Å². The van der Waals surface area contributed by atoms with Crippen LogP contribution in [0.3, 0.4) is 0 Å². The molecule has 0 saturated heterocycles. The van der Waals surface area contributed by atoms with Crippen molar-refractivity contribution < 1.29 is 9.63 Å². The Morgan fingerprint density at radius 1 is 1.14 bits per heavy atom. The summed E-state index contributed by atoms with van der Waals surface area (Å²) in [6.07, 6.45) is 0.587. The fourth-order valence-electron chi connectivity index (χ4n) is 2.04. The first kappa shape index (κ1) is 13.8. The van der Waals surface area contributed by atoms with E-state index >= 15 is 0 Å². The van der Waals surface area contributed by atoms with Gasteiger partial charge in [-0.3, -0.25) is 0 Å². The average molecular weight is 345 g/mol. The molecule has 0 fully saturated rings. The van der Waals surface area contributed by atoms with E-state index in [1.807, 2.05) is 43.3 Å². The van der Waals surface area contributed by atoms with Gasteiger partial charge in [0.25, 0.3) is 5.89 Å². The Balaban J connectivity index is 1.86. The zero-order valence-electron chi connectivity index (χ0n) is 11.4. The molecule has 4 nitrogen and oxygen atoms in total. The molecule has 1 aromatic heterocycles. The lowest BCUT2D eigenvalue weighted by molar-refractivity contribution is 0.418. The molecule has 0 spiro atoms. The van der Waals surface area contributed by atoms with Crippen LogP contribution in [0.4, 0.5) is 0 Å². The van der Waals surface area contributed by atoms with Crippen molar-refractivity contribution in [2.75, 3.05) is 0 Å². The van der Waals surface area contributed by atoms with Crippen molar-refractivity contribution in [2.45, 2.75) is 13.3 Å². The third kappa shape index (κ3) is 3.13. The Morgan fingerprint density at radius 2 is 1.90 bits per heavy atom. The lowest BCUT2D eigenvalue weighted by Gasteiger charge is -2.00. The molecule has 0 bridgehead atoms. The van der Waals surface area contributed by atoms with Crippen molar-refractivity contribution in [3.05, 3.63) is 63.9 Å². The highest BCUT2D eigenvalue weighted by molar-refractivity contribution is 9.10. The summed E-state index contributed by atoms with van der Waals surface area (Å²) in [5.74, 6) is 1.07. The third-order valence-electron chi connectivity index (χ3n) is 3.13. The van der Waals surface area contributed by atoms with Gasteiger partial charge in [-0.25, -0.2) is 0 Å². The standard InChI is InChI=1S/C16H13BrN2O2/c1-10-2-7-14(20)13(8-10)16-18-15(19-21-16)9-11-3-5-12(17)6-4-11/h2-8,20H,9H2,1H3. The molecule has 106 valence electrons. The van der Waals surface area contributed by atoms with Crippen molar-refractivity contribution in [1.29, 1.82) is 0 Å². The van der Waals surface area contributed by atoms with Crippen LogP contribution >= 0.6 is 15.9 Å². The maximum absolute atomic E-state index is 9.88. The van der Waals surface area contributed by atoms with Crippen molar-refractivity contribution in [2.24, 2.45) is 0 Å². The summed E-state index contributed by atoms with van der Waals surface area (Å²) in [4.78, 5) is 4.35. The summed E-state index contributed by atoms with van der Waals surface area (Å²) in [5.41, 5.74) is 2.68. The van der Waals surface area contributed by atoms with Gasteiger partial charge in [-0.15, -0.1) is 0 Å². The fraction of sp³-hybridized carbons (Fsp3) is 0.125. The molecule has 21 heavy (non-hydrogen) atoms. The van der Waals surface area contributed by atoms with E-state index in [1.54, 1.807) is 6.07 Å². The molecule has 3 rings (SSSR count). The Morgan fingerprint density at radius 3 is 2.67 bits per heavy atom. The van der Waals surface area contributed by atoms with Gasteiger partial charge in [0.2, 0.25) is 0 Å². The van der Waals surface area contributed by atoms with E-state index in [4.69, 9.17) is 4.52 Å². The van der Waals surface area contributed by atoms with Crippen molar-refractivity contribution in [3.8, 4) is 17.2 Å². The minimum Gasteiger partial charge on any atom is -0.507 e. The number of halogens is 1. The van der Waals surface area contributed by atoms with Crippen LogP contribution in [-0.4, -0.2) is 15.2 Å². The molecule has 0 radical (unpaired) electrons. The van der Waals surface area contributed by atoms with Crippen LogP contribution in [0.15, 0.2) is 51.5 Å². The van der Waals surface area contributed by atoms with Crippen molar-refractivity contribution in [1.82, 2.24) is 10.1 Å². The summed E-state index contributed by atoms with van der Waals surface area (Å²) in [6.45, 7) is 1.95. The van der Waals surface area contributed by atoms with Gasteiger partial charge in [-0.2, -0.15) is 4.98 Å². The number of nitrogens with zero attached hydrogens (tertiary/aromatic N) is 2. The molecule has 1 N–H and O–H groups in total. The molecule has 1 heterocycles. The van der Waals surface area contributed by atoms with Gasteiger partial charge < -0.3 is 9.63 Å². The largest absolute Gasteiger partial charge is 0.507 e. The van der Waals surface area contributed by atoms with E-state index < -0.39 is 0 Å². The quantitative estimate of drug-likeness (QED) is 0.776. The second-order valence-corrected chi connectivity index (χ2v) is 5.76. The highest BCUT2D eigenvalue weighted by atomic mass is 79.9. The highest BCUT2D eigenvalue weighted by Crippen LogP contribution is 2.28. The van der Waals surface area contributed by atoms with Crippen LogP contribution in [0.1, 0.15) is 17.0 Å². The molecule has 0 aliphatic heterocycles. The molecular formula is C16H13BrN2O2. The van der Waals surface area contributed by atoms with Crippen molar-refractivity contribution in [3.63, 3.8) is 0 Å². The van der Waals surface area contributed by atoms with Gasteiger partial charge in [0.15, 0.2) is 5.82 Å². The number of aryl methyl sites for hydroxylation is 1. The SMILES string of the molecule is Cc1ccc(O)c(-c2nc(Cc3ccc(Br)cc3)no2)c1. The second kappa shape index (κ2) is 5.69. The Bertz CT molecular complexity index is 766. The first-order chi connectivity index (χ1) is 10.1. The number of phenols is 1. The van der Waals surface area contributed by atoms with Gasteiger partial charge in [-0.05, 0) is 36.8 Å². The lowest BCUT2D eigenvalue weighted by atomic mass is 10.1. The molecule has 0 aliphatic carbocycles. The molecule has 2 aromatic carbocycles. The molecule has 5 heteroatoms. The first-order valence-corrected chi connectivity index (χ1v) is 7.28. The minimum absolute atomic E-state index is 0.138. The number of rotatable bonds is 3. The van der Waals surface area contributed by atoms with Crippen molar-refractivity contribution >= 4 is 15.9 Å². The Kier molecular flexibility index (Phi) is 3.75. The zero-order chi connectivity index (χ0) is 14.8. The van der Waals surface area contributed by atoms with Crippen LogP contribution in [0.25, 0.3) is 11.5 Å². The van der Waals surface area contributed by atoms with Crippen LogP contribution in [0.2, 0.25) is 0 Å². The smallest absolute Gasteiger partial charge is 0.261 e. The molecule has 0 atom stereocenters. The maximum atomic E-state index is 9.88. The van der Waals surface area contributed by atoms with Gasteiger partial charge in [0, 0.05) is 10.9 Å². The predicted molar refractivity (Wildman–Crippen MR) is 83.1 cm³/mol. The van der Waals surface area contributed by atoms with Crippen LogP contribution < -0.4 is 0 Å². The fourth-order valence-corrected chi connectivity index (χ4v) is 2.31. The first-order valence-electron chi connectivity index (χ1n) is 6.49. The number of phenolic OH excluding ortho intramolecular Hbond substituents is 1. The minimum atomic E-state index is 0.138. The van der Waals surface area contributed by atoms with E-state index in [2.05, 4.69) is 26.1 Å². The topological polar surface area (TPSA) is 59.2 Å². The maximum Gasteiger partial charge on any atom is 0.261 e. The Labute approximate surface area is 130 Å². The summed E-state index contributed by atoms with van der Waals surface area (Å²) in [5, 5.41) is 13.9. The normalized spacial score (nSPS) is 10.8.